The van der Waals surface area contributed by atoms with E-state index in [-0.39, 0.29) is 4.90 Å². The molecular weight excluding hydrogens is 318 g/mol. The number of aromatic amines is 1. The SMILES string of the molecule is CC(C)(C)NS(=O)(=O)c1cc(Br)c2[nH]ncc2c1. The molecular formula is C11H14BrN3O2S. The first-order chi connectivity index (χ1) is 8.19. The summed E-state index contributed by atoms with van der Waals surface area (Å²) in [7, 11) is -3.53. The van der Waals surface area contributed by atoms with Crippen molar-refractivity contribution >= 4 is 36.9 Å². The van der Waals surface area contributed by atoms with Gasteiger partial charge in [-0.05, 0) is 48.8 Å². The van der Waals surface area contributed by atoms with E-state index in [0.29, 0.717) is 4.47 Å². The lowest BCUT2D eigenvalue weighted by atomic mass is 10.1. The number of nitrogens with one attached hydrogen (secondary N) is 2. The van der Waals surface area contributed by atoms with Crippen molar-refractivity contribution in [3.8, 4) is 0 Å². The maximum atomic E-state index is 12.2. The summed E-state index contributed by atoms with van der Waals surface area (Å²) in [5.74, 6) is 0. The molecule has 7 heteroatoms. The van der Waals surface area contributed by atoms with Gasteiger partial charge in [0.15, 0.2) is 0 Å². The second-order valence-electron chi connectivity index (χ2n) is 5.09. The Morgan fingerprint density at radius 1 is 1.33 bits per heavy atom. The van der Waals surface area contributed by atoms with E-state index in [1.54, 1.807) is 39.1 Å². The van der Waals surface area contributed by atoms with E-state index in [0.717, 1.165) is 10.9 Å². The van der Waals surface area contributed by atoms with Crippen LogP contribution in [0, 0.1) is 0 Å². The number of sulfonamides is 1. The highest BCUT2D eigenvalue weighted by molar-refractivity contribution is 9.10. The predicted octanol–water partition coefficient (Wildman–Crippen LogP) is 2.40. The number of hydrogen-bond acceptors (Lipinski definition) is 3. The molecule has 0 amide bonds. The van der Waals surface area contributed by atoms with Gasteiger partial charge in [-0.15, -0.1) is 0 Å². The van der Waals surface area contributed by atoms with Crippen LogP contribution in [0.5, 0.6) is 0 Å². The lowest BCUT2D eigenvalue weighted by Gasteiger charge is -2.20. The van der Waals surface area contributed by atoms with Crippen LogP contribution in [-0.2, 0) is 10.0 Å². The van der Waals surface area contributed by atoms with Gasteiger partial charge in [0.2, 0.25) is 10.0 Å². The predicted molar refractivity (Wildman–Crippen MR) is 73.9 cm³/mol. The molecule has 0 fully saturated rings. The van der Waals surface area contributed by atoms with Crippen LogP contribution in [0.15, 0.2) is 27.7 Å². The minimum absolute atomic E-state index is 0.221. The Morgan fingerprint density at radius 3 is 2.61 bits per heavy atom. The van der Waals surface area contributed by atoms with E-state index in [1.807, 2.05) is 0 Å². The highest BCUT2D eigenvalue weighted by Crippen LogP contribution is 2.26. The molecule has 0 aliphatic carbocycles. The molecule has 0 spiro atoms. The van der Waals surface area contributed by atoms with Crippen molar-refractivity contribution in [3.63, 3.8) is 0 Å². The number of aromatic nitrogens is 2. The molecule has 0 aliphatic rings. The fourth-order valence-electron chi connectivity index (χ4n) is 1.61. The van der Waals surface area contributed by atoms with Gasteiger partial charge >= 0.3 is 0 Å². The molecule has 1 heterocycles. The monoisotopic (exact) mass is 331 g/mol. The molecule has 0 saturated heterocycles. The Balaban J connectivity index is 2.54. The van der Waals surface area contributed by atoms with E-state index in [1.165, 1.54) is 0 Å². The first-order valence-electron chi connectivity index (χ1n) is 5.36. The number of rotatable bonds is 2. The third kappa shape index (κ3) is 2.73. The van der Waals surface area contributed by atoms with Crippen LogP contribution in [0.25, 0.3) is 10.9 Å². The summed E-state index contributed by atoms with van der Waals surface area (Å²) in [6.07, 6.45) is 1.59. The zero-order valence-electron chi connectivity index (χ0n) is 10.3. The maximum absolute atomic E-state index is 12.2. The van der Waals surface area contributed by atoms with Crippen molar-refractivity contribution in [2.24, 2.45) is 0 Å². The van der Waals surface area contributed by atoms with Gasteiger partial charge in [-0.1, -0.05) is 0 Å². The topological polar surface area (TPSA) is 74.8 Å². The van der Waals surface area contributed by atoms with Gasteiger partial charge in [0.25, 0.3) is 0 Å². The fraction of sp³-hybridized carbons (Fsp3) is 0.364. The Bertz CT molecular complexity index is 686. The molecule has 1 aromatic carbocycles. The van der Waals surface area contributed by atoms with E-state index in [2.05, 4.69) is 30.8 Å². The molecule has 2 rings (SSSR count). The van der Waals surface area contributed by atoms with Gasteiger partial charge in [-0.3, -0.25) is 5.10 Å². The fourth-order valence-corrected chi connectivity index (χ4v) is 3.80. The second-order valence-corrected chi connectivity index (χ2v) is 7.63. The maximum Gasteiger partial charge on any atom is 0.241 e. The van der Waals surface area contributed by atoms with Crippen LogP contribution < -0.4 is 4.72 Å². The minimum Gasteiger partial charge on any atom is -0.277 e. The quantitative estimate of drug-likeness (QED) is 0.887. The Hall–Kier alpha value is -0.920. The number of nitrogens with zero attached hydrogens (tertiary/aromatic N) is 1. The normalized spacial score (nSPS) is 13.1. The average molecular weight is 332 g/mol. The molecule has 5 nitrogen and oxygen atoms in total. The van der Waals surface area contributed by atoms with Crippen molar-refractivity contribution in [1.82, 2.24) is 14.9 Å². The van der Waals surface area contributed by atoms with Crippen molar-refractivity contribution in [2.75, 3.05) is 0 Å². The third-order valence-electron chi connectivity index (χ3n) is 2.23. The molecule has 0 saturated carbocycles. The van der Waals surface area contributed by atoms with Crippen LogP contribution >= 0.6 is 15.9 Å². The van der Waals surface area contributed by atoms with Crippen molar-refractivity contribution in [3.05, 3.63) is 22.8 Å². The molecule has 98 valence electrons. The standard InChI is InChI=1S/C11H14BrN3O2S/c1-11(2,3)15-18(16,17)8-4-7-6-13-14-10(7)9(12)5-8/h4-6,15H,1-3H3,(H,13,14). The summed E-state index contributed by atoms with van der Waals surface area (Å²) in [5.41, 5.74) is 0.265. The lowest BCUT2D eigenvalue weighted by molar-refractivity contribution is 0.491. The van der Waals surface area contributed by atoms with Crippen LogP contribution in [0.3, 0.4) is 0 Å². The van der Waals surface area contributed by atoms with Crippen LogP contribution in [0.1, 0.15) is 20.8 Å². The van der Waals surface area contributed by atoms with Gasteiger partial charge in [-0.25, -0.2) is 13.1 Å². The zero-order chi connectivity index (χ0) is 13.6. The number of H-pyrrole nitrogens is 1. The highest BCUT2D eigenvalue weighted by atomic mass is 79.9. The highest BCUT2D eigenvalue weighted by Gasteiger charge is 2.23. The number of hydrogen-bond donors (Lipinski definition) is 2. The largest absolute Gasteiger partial charge is 0.277 e. The van der Waals surface area contributed by atoms with Crippen molar-refractivity contribution in [2.45, 2.75) is 31.2 Å². The summed E-state index contributed by atoms with van der Waals surface area (Å²) in [6.45, 7) is 5.40. The van der Waals surface area contributed by atoms with E-state index in [4.69, 9.17) is 0 Å². The van der Waals surface area contributed by atoms with Crippen LogP contribution in [-0.4, -0.2) is 24.2 Å². The molecule has 0 unspecified atom stereocenters. The second kappa shape index (κ2) is 4.32. The Kier molecular flexibility index (Phi) is 3.25. The van der Waals surface area contributed by atoms with Crippen LogP contribution in [0.4, 0.5) is 0 Å². The average Bonchev–Trinajstić information content (AvgIpc) is 2.61. The van der Waals surface area contributed by atoms with E-state index < -0.39 is 15.6 Å². The van der Waals surface area contributed by atoms with Gasteiger partial charge < -0.3 is 0 Å². The summed E-state index contributed by atoms with van der Waals surface area (Å²) >= 11 is 3.34. The Labute approximate surface area is 114 Å². The molecule has 0 bridgehead atoms. The van der Waals surface area contributed by atoms with Crippen LogP contribution in [0.2, 0.25) is 0 Å². The smallest absolute Gasteiger partial charge is 0.241 e. The number of benzene rings is 1. The summed E-state index contributed by atoms with van der Waals surface area (Å²) in [5, 5.41) is 7.44. The molecule has 1 aromatic heterocycles. The molecule has 0 radical (unpaired) electrons. The molecule has 2 aromatic rings. The lowest BCUT2D eigenvalue weighted by Crippen LogP contribution is -2.40. The summed E-state index contributed by atoms with van der Waals surface area (Å²) < 4.78 is 27.7. The number of fused-ring (bicyclic) bond motifs is 1. The molecule has 2 N–H and O–H groups in total. The first-order valence-corrected chi connectivity index (χ1v) is 7.63. The summed E-state index contributed by atoms with van der Waals surface area (Å²) in [6, 6.07) is 3.16. The minimum atomic E-state index is -3.53. The Morgan fingerprint density at radius 2 is 2.00 bits per heavy atom. The third-order valence-corrected chi connectivity index (χ3v) is 4.59. The van der Waals surface area contributed by atoms with Gasteiger partial charge in [-0.2, -0.15) is 5.10 Å². The number of halogens is 1. The van der Waals surface area contributed by atoms with Gasteiger partial charge in [0.1, 0.15) is 0 Å². The zero-order valence-corrected chi connectivity index (χ0v) is 12.7. The van der Waals surface area contributed by atoms with E-state index in [9.17, 15) is 8.42 Å². The van der Waals surface area contributed by atoms with Crippen molar-refractivity contribution in [1.29, 1.82) is 0 Å². The molecule has 18 heavy (non-hydrogen) atoms. The van der Waals surface area contributed by atoms with E-state index >= 15 is 0 Å². The summed E-state index contributed by atoms with van der Waals surface area (Å²) in [4.78, 5) is 0.221. The van der Waals surface area contributed by atoms with Gasteiger partial charge in [0.05, 0.1) is 16.6 Å². The molecule has 0 atom stereocenters. The molecule has 0 aliphatic heterocycles. The van der Waals surface area contributed by atoms with Gasteiger partial charge in [0, 0.05) is 15.4 Å². The van der Waals surface area contributed by atoms with Crippen molar-refractivity contribution < 1.29 is 8.42 Å². The first kappa shape index (κ1) is 13.5.